The number of carbonyl (C=O) groups is 1. The van der Waals surface area contributed by atoms with Crippen LogP contribution >= 0.6 is 22.9 Å². The van der Waals surface area contributed by atoms with Gasteiger partial charge >= 0.3 is 0 Å². The molecule has 1 aromatic carbocycles. The molecule has 0 unspecified atom stereocenters. The van der Waals surface area contributed by atoms with Crippen molar-refractivity contribution < 1.29 is 9.21 Å². The van der Waals surface area contributed by atoms with E-state index in [1.165, 1.54) is 11.3 Å². The summed E-state index contributed by atoms with van der Waals surface area (Å²) in [6, 6.07) is 7.08. The fraction of sp³-hybridized carbons (Fsp3) is 0.0769. The van der Waals surface area contributed by atoms with Crippen molar-refractivity contribution in [1.82, 2.24) is 4.98 Å². The molecule has 0 radical (unpaired) electrons. The molecular weight excluding hydrogens is 284 g/mol. The average Bonchev–Trinajstić information content (AvgIpc) is 2.96. The number of nitrogen functional groups attached to an aromatic ring is 1. The summed E-state index contributed by atoms with van der Waals surface area (Å²) in [4.78, 5) is 16.1. The standard InChI is InChI=1S/C13H9ClN2O2S/c14-9-3-1-2-7-4-11(18-12(7)9)10(17)5-8-6-19-13(15)16-8/h1-4,6H,5H2,(H2,15,16). The van der Waals surface area contributed by atoms with Gasteiger partial charge in [0, 0.05) is 10.8 Å². The second kappa shape index (κ2) is 4.68. The van der Waals surface area contributed by atoms with E-state index in [4.69, 9.17) is 21.8 Å². The van der Waals surface area contributed by atoms with E-state index in [9.17, 15) is 4.79 Å². The summed E-state index contributed by atoms with van der Waals surface area (Å²) in [6.07, 6.45) is 0.172. The lowest BCUT2D eigenvalue weighted by molar-refractivity contribution is 0.0967. The van der Waals surface area contributed by atoms with Crippen LogP contribution in [0.15, 0.2) is 34.1 Å². The van der Waals surface area contributed by atoms with Crippen molar-refractivity contribution in [3.8, 4) is 0 Å². The number of ketones is 1. The second-order valence-corrected chi connectivity index (χ2v) is 5.34. The van der Waals surface area contributed by atoms with Crippen LogP contribution in [-0.2, 0) is 6.42 Å². The maximum Gasteiger partial charge on any atom is 0.204 e. The van der Waals surface area contributed by atoms with Crippen LogP contribution in [0.25, 0.3) is 11.0 Å². The molecular formula is C13H9ClN2O2S. The van der Waals surface area contributed by atoms with Crippen molar-refractivity contribution in [3.63, 3.8) is 0 Å². The minimum Gasteiger partial charge on any atom is -0.451 e. The fourth-order valence-corrected chi connectivity index (χ4v) is 2.60. The Morgan fingerprint density at radius 3 is 3.00 bits per heavy atom. The van der Waals surface area contributed by atoms with Crippen molar-refractivity contribution in [1.29, 1.82) is 0 Å². The molecule has 0 aliphatic carbocycles. The van der Waals surface area contributed by atoms with E-state index >= 15 is 0 Å². The first kappa shape index (κ1) is 12.2. The number of para-hydroxylation sites is 1. The van der Waals surface area contributed by atoms with Gasteiger partial charge in [-0.2, -0.15) is 0 Å². The maximum absolute atomic E-state index is 12.1. The smallest absolute Gasteiger partial charge is 0.204 e. The molecule has 4 nitrogen and oxygen atoms in total. The summed E-state index contributed by atoms with van der Waals surface area (Å²) in [5, 5.41) is 3.53. The van der Waals surface area contributed by atoms with Crippen LogP contribution in [0.3, 0.4) is 0 Å². The lowest BCUT2D eigenvalue weighted by Crippen LogP contribution is -2.02. The number of hydrogen-bond acceptors (Lipinski definition) is 5. The molecule has 6 heteroatoms. The normalized spacial score (nSPS) is 11.0. The van der Waals surface area contributed by atoms with Crippen molar-refractivity contribution in [2.45, 2.75) is 6.42 Å². The summed E-state index contributed by atoms with van der Waals surface area (Å²) < 4.78 is 5.50. The minimum absolute atomic E-state index is 0.141. The Hall–Kier alpha value is -1.85. The lowest BCUT2D eigenvalue weighted by atomic mass is 10.2. The van der Waals surface area contributed by atoms with Gasteiger partial charge in [-0.1, -0.05) is 23.7 Å². The molecule has 2 N–H and O–H groups in total. The predicted octanol–water partition coefficient (Wildman–Crippen LogP) is 3.55. The highest BCUT2D eigenvalue weighted by Crippen LogP contribution is 2.27. The van der Waals surface area contributed by atoms with Crippen LogP contribution < -0.4 is 5.73 Å². The zero-order chi connectivity index (χ0) is 13.4. The lowest BCUT2D eigenvalue weighted by Gasteiger charge is -1.93. The van der Waals surface area contributed by atoms with Gasteiger partial charge in [0.1, 0.15) is 0 Å². The topological polar surface area (TPSA) is 69.1 Å². The van der Waals surface area contributed by atoms with E-state index in [0.717, 1.165) is 5.39 Å². The third-order valence-corrected chi connectivity index (χ3v) is 3.70. The number of aromatic nitrogens is 1. The number of Topliss-reactive ketones (excluding diaryl/α,β-unsaturated/α-hetero) is 1. The number of hydrogen-bond donors (Lipinski definition) is 1. The first-order valence-corrected chi connectivity index (χ1v) is 6.80. The molecule has 96 valence electrons. The Labute approximate surface area is 117 Å². The Morgan fingerprint density at radius 2 is 2.32 bits per heavy atom. The molecule has 0 spiro atoms. The van der Waals surface area contributed by atoms with Crippen LogP contribution in [-0.4, -0.2) is 10.8 Å². The highest BCUT2D eigenvalue weighted by molar-refractivity contribution is 7.13. The number of nitrogens with two attached hydrogens (primary N) is 1. The monoisotopic (exact) mass is 292 g/mol. The number of anilines is 1. The molecule has 19 heavy (non-hydrogen) atoms. The average molecular weight is 293 g/mol. The van der Waals surface area contributed by atoms with Gasteiger partial charge in [0.25, 0.3) is 0 Å². The summed E-state index contributed by atoms with van der Waals surface area (Å²) in [6.45, 7) is 0. The summed E-state index contributed by atoms with van der Waals surface area (Å²) in [7, 11) is 0. The molecule has 0 bridgehead atoms. The van der Waals surface area contributed by atoms with Gasteiger partial charge in [0.2, 0.25) is 5.78 Å². The second-order valence-electron chi connectivity index (χ2n) is 4.05. The first-order chi connectivity index (χ1) is 9.13. The molecule has 3 aromatic rings. The molecule has 2 aromatic heterocycles. The van der Waals surface area contributed by atoms with Crippen molar-refractivity contribution in [2.24, 2.45) is 0 Å². The van der Waals surface area contributed by atoms with Gasteiger partial charge in [0.15, 0.2) is 16.5 Å². The fourth-order valence-electron chi connectivity index (χ4n) is 1.82. The largest absolute Gasteiger partial charge is 0.451 e. The van der Waals surface area contributed by atoms with E-state index in [0.29, 0.717) is 21.4 Å². The third-order valence-electron chi connectivity index (χ3n) is 2.68. The zero-order valence-corrected chi connectivity index (χ0v) is 11.3. The van der Waals surface area contributed by atoms with Crippen LogP contribution in [0.1, 0.15) is 16.2 Å². The van der Waals surface area contributed by atoms with Gasteiger partial charge < -0.3 is 10.2 Å². The Kier molecular flexibility index (Phi) is 3.00. The maximum atomic E-state index is 12.1. The Morgan fingerprint density at radius 1 is 1.47 bits per heavy atom. The van der Waals surface area contributed by atoms with Gasteiger partial charge in [-0.15, -0.1) is 11.3 Å². The predicted molar refractivity (Wildman–Crippen MR) is 75.8 cm³/mol. The van der Waals surface area contributed by atoms with E-state index in [-0.39, 0.29) is 18.0 Å². The molecule has 0 saturated carbocycles. The Bertz CT molecular complexity index is 763. The number of halogens is 1. The molecule has 0 aliphatic heterocycles. The van der Waals surface area contributed by atoms with E-state index in [2.05, 4.69) is 4.98 Å². The van der Waals surface area contributed by atoms with Gasteiger partial charge in [-0.25, -0.2) is 4.98 Å². The number of benzene rings is 1. The molecule has 0 aliphatic rings. The number of furan rings is 1. The van der Waals surface area contributed by atoms with E-state index in [1.54, 1.807) is 17.5 Å². The Balaban J connectivity index is 1.91. The molecule has 2 heterocycles. The zero-order valence-electron chi connectivity index (χ0n) is 9.72. The number of thiazole rings is 1. The van der Waals surface area contributed by atoms with Crippen LogP contribution in [0.5, 0.6) is 0 Å². The van der Waals surface area contributed by atoms with Gasteiger partial charge in [-0.3, -0.25) is 4.79 Å². The molecule has 0 fully saturated rings. The van der Waals surface area contributed by atoms with Crippen molar-refractivity contribution in [2.75, 3.05) is 5.73 Å². The molecule has 0 amide bonds. The number of nitrogens with zero attached hydrogens (tertiary/aromatic N) is 1. The SMILES string of the molecule is Nc1nc(CC(=O)c2cc3cccc(Cl)c3o2)cs1. The highest BCUT2D eigenvalue weighted by atomic mass is 35.5. The van der Waals surface area contributed by atoms with E-state index in [1.807, 2.05) is 12.1 Å². The quantitative estimate of drug-likeness (QED) is 0.750. The van der Waals surface area contributed by atoms with Crippen molar-refractivity contribution in [3.05, 3.63) is 46.1 Å². The van der Waals surface area contributed by atoms with Crippen LogP contribution in [0, 0.1) is 0 Å². The molecule has 0 saturated heterocycles. The number of rotatable bonds is 3. The van der Waals surface area contributed by atoms with Crippen LogP contribution in [0.2, 0.25) is 5.02 Å². The summed E-state index contributed by atoms with van der Waals surface area (Å²) in [5.41, 5.74) is 6.71. The first-order valence-electron chi connectivity index (χ1n) is 5.54. The minimum atomic E-state index is -0.141. The highest BCUT2D eigenvalue weighted by Gasteiger charge is 2.15. The van der Waals surface area contributed by atoms with E-state index < -0.39 is 0 Å². The van der Waals surface area contributed by atoms with Crippen molar-refractivity contribution >= 4 is 44.8 Å². The van der Waals surface area contributed by atoms with Gasteiger partial charge in [0.05, 0.1) is 17.1 Å². The summed E-state index contributed by atoms with van der Waals surface area (Å²) >= 11 is 7.32. The molecule has 0 atom stereocenters. The van der Waals surface area contributed by atoms with Gasteiger partial charge in [-0.05, 0) is 12.1 Å². The number of fused-ring (bicyclic) bond motifs is 1. The summed E-state index contributed by atoms with van der Waals surface area (Å²) in [5.74, 6) is 0.146. The molecule has 3 rings (SSSR count). The third kappa shape index (κ3) is 2.34. The number of carbonyl (C=O) groups excluding carboxylic acids is 1. The van der Waals surface area contributed by atoms with Crippen LogP contribution in [0.4, 0.5) is 5.13 Å².